The largest absolute Gasteiger partial charge is 0.778 e. The summed E-state index contributed by atoms with van der Waals surface area (Å²) in [6, 6.07) is 0. The zero-order chi connectivity index (χ0) is 58.0. The number of hydrogen-bond acceptors (Lipinski definition) is 29. The van der Waals surface area contributed by atoms with Gasteiger partial charge in [-0.25, -0.2) is 38.2 Å². The van der Waals surface area contributed by atoms with E-state index in [0.29, 0.717) is 0 Å². The summed E-state index contributed by atoms with van der Waals surface area (Å²) >= 11 is 0. The van der Waals surface area contributed by atoms with Crippen molar-refractivity contribution in [3.05, 3.63) is 46.0 Å². The number of ether oxygens (including phenoxy) is 5. The van der Waals surface area contributed by atoms with E-state index in [4.69, 9.17) is 49.7 Å². The van der Waals surface area contributed by atoms with E-state index >= 15 is 0 Å². The molecule has 0 spiro atoms. The van der Waals surface area contributed by atoms with Gasteiger partial charge in [-0.1, -0.05) is 4.98 Å². The zero-order valence-corrected chi connectivity index (χ0v) is 44.5. The van der Waals surface area contributed by atoms with E-state index in [9.17, 15) is 71.5 Å². The number of nitrogens with one attached hydrogen (secondary N) is 2. The van der Waals surface area contributed by atoms with Crippen molar-refractivity contribution < 1.29 is 112 Å². The average molecular weight is 1220 g/mol. The summed E-state index contributed by atoms with van der Waals surface area (Å²) in [5.41, 5.74) is 13.2. The minimum absolute atomic E-state index is 0.00836. The maximum atomic E-state index is 14.4. The molecule has 16 atom stereocenters. The SMILES string of the molecule is CCO[C@@H]1[C@H](P(=O)([O-])OC[C@H]2O[C@@H](n3cnc4c(=O)[nH]c(N)nc43)[C@H](O)[C@@H]2O)[C@@H](COP(=O)(O)OP(=O)(O)OP(=O)(O)OC[C@H]2O[C@@H]([n+]3cn(C)c4c(=O)[nH]c(N)nc43)[C@H](O)[C@@H]2CCOC(F)F)O[C@H]1n1cnc2c(N)ncnc21. The van der Waals surface area contributed by atoms with E-state index in [1.807, 2.05) is 0 Å². The Kier molecular flexibility index (Phi) is 16.9. The van der Waals surface area contributed by atoms with Gasteiger partial charge in [0, 0.05) is 12.5 Å². The molecule has 4 unspecified atom stereocenters. The molecule has 3 fully saturated rings. The highest BCUT2D eigenvalue weighted by Crippen LogP contribution is 2.68. The summed E-state index contributed by atoms with van der Waals surface area (Å²) in [4.78, 5) is 99.9. The maximum Gasteiger partial charge on any atom is 0.490 e. The zero-order valence-electron chi connectivity index (χ0n) is 40.9. The molecule has 0 saturated carbocycles. The number of fused-ring (bicyclic) bond motifs is 3. The Morgan fingerprint density at radius 3 is 2.06 bits per heavy atom. The smallest absolute Gasteiger partial charge is 0.490 e. The number of anilines is 3. The lowest BCUT2D eigenvalue weighted by Gasteiger charge is -2.36. The van der Waals surface area contributed by atoms with Gasteiger partial charge in [0.15, 0.2) is 41.4 Å². The Balaban J connectivity index is 0.900. The summed E-state index contributed by atoms with van der Waals surface area (Å²) in [7, 11) is -22.5. The van der Waals surface area contributed by atoms with Crippen molar-refractivity contribution in [1.29, 1.82) is 0 Å². The number of nitrogens with two attached hydrogens (primary N) is 3. The van der Waals surface area contributed by atoms with Gasteiger partial charge in [-0.05, 0) is 13.3 Å². The Bertz CT molecular complexity index is 3590. The van der Waals surface area contributed by atoms with Crippen molar-refractivity contribution >= 4 is 82.3 Å². The van der Waals surface area contributed by atoms with E-state index in [1.54, 1.807) is 0 Å². The van der Waals surface area contributed by atoms with Gasteiger partial charge < -0.3 is 84.9 Å². The molecule has 0 radical (unpaired) electrons. The minimum atomic E-state index is -6.30. The van der Waals surface area contributed by atoms with Crippen LogP contribution in [0.15, 0.2) is 34.9 Å². The van der Waals surface area contributed by atoms with E-state index in [0.717, 1.165) is 32.7 Å². The number of aryl methyl sites for hydroxylation is 1. The van der Waals surface area contributed by atoms with Gasteiger partial charge in [0.05, 0.1) is 64.0 Å². The van der Waals surface area contributed by atoms with Crippen molar-refractivity contribution in [2.45, 2.75) is 87.0 Å². The lowest BCUT2D eigenvalue weighted by molar-refractivity contribution is -0.745. The van der Waals surface area contributed by atoms with Crippen LogP contribution in [-0.4, -0.2) is 172 Å². The van der Waals surface area contributed by atoms with Crippen molar-refractivity contribution in [3.63, 3.8) is 0 Å². The van der Waals surface area contributed by atoms with Gasteiger partial charge in [0.25, 0.3) is 17.1 Å². The van der Waals surface area contributed by atoms with Crippen LogP contribution in [-0.2, 0) is 71.2 Å². The van der Waals surface area contributed by atoms with Gasteiger partial charge >= 0.3 is 35.7 Å². The standard InChI is InChI=1S/C36H49F2N15O23P4/c1-3-67-23-24(77(59,60)69-7-15-21(55)22(56)32(73-15)52-11-45-18-27(52)46-35(40)48-29(18)57)16(74-33(23)51-10-44-17-25(39)42-9-43-26(17)51)8-71-79(63,64)76-80(65,66)75-78(61,62)70-6-14-13(4-5-68-34(37)38)20(54)31(72-14)53-12-50(2)19-28(53)47-36(41)49-30(19)58/h9-16,20-24,31-34,54-56H,3-8H2,1-2H3,(H11-,39,40,41,42,43,46,47,48,49,57,58,59,60,61,62,63,64,65,66)/t13-,14-,15-,16-,20-,21-,22-,23-,24-,31-,32-,33-/m1/s1. The third kappa shape index (κ3) is 12.1. The number of imidazole rings is 3. The molecule has 44 heteroatoms. The number of alkyl halides is 2. The number of aliphatic hydroxyl groups is 3. The molecule has 9 heterocycles. The first-order valence-electron chi connectivity index (χ1n) is 23.2. The van der Waals surface area contributed by atoms with Crippen LogP contribution in [0.3, 0.4) is 0 Å². The number of nitrogens with zero attached hydrogens (tertiary/aromatic N) is 10. The Morgan fingerprint density at radius 1 is 0.775 bits per heavy atom. The van der Waals surface area contributed by atoms with Crippen molar-refractivity contribution in [2.75, 3.05) is 50.2 Å². The number of phosphoric acid groups is 3. The molecule has 6 aromatic rings. The van der Waals surface area contributed by atoms with E-state index in [-0.39, 0.29) is 57.8 Å². The highest BCUT2D eigenvalue weighted by molar-refractivity contribution is 7.66. The first kappa shape index (κ1) is 59.4. The molecule has 3 aliphatic rings. The van der Waals surface area contributed by atoms with Crippen molar-refractivity contribution in [3.8, 4) is 0 Å². The number of aromatic amines is 2. The van der Waals surface area contributed by atoms with Gasteiger partial charge in [0.1, 0.15) is 50.0 Å². The average Bonchev–Trinajstić information content (AvgIpc) is 4.43. The minimum Gasteiger partial charge on any atom is -0.778 e. The lowest BCUT2D eigenvalue weighted by atomic mass is 9.95. The van der Waals surface area contributed by atoms with Crippen LogP contribution < -0.4 is 37.8 Å². The molecule has 38 nitrogen and oxygen atoms in total. The number of halogens is 2. The summed E-state index contributed by atoms with van der Waals surface area (Å²) in [6.45, 7) is -6.30. The monoisotopic (exact) mass is 1220 g/mol. The molecule has 9 rings (SSSR count). The van der Waals surface area contributed by atoms with Crippen LogP contribution in [0, 0.1) is 5.92 Å². The van der Waals surface area contributed by atoms with Crippen LogP contribution in [0.2, 0.25) is 0 Å². The maximum absolute atomic E-state index is 14.4. The number of aliphatic hydroxyl groups excluding tert-OH is 3. The van der Waals surface area contributed by atoms with Gasteiger partial charge in [-0.2, -0.15) is 22.4 Å². The second kappa shape index (κ2) is 22.8. The van der Waals surface area contributed by atoms with Crippen LogP contribution in [0.25, 0.3) is 33.5 Å². The molecule has 440 valence electrons. The summed E-state index contributed by atoms with van der Waals surface area (Å²) in [5, 5.41) is 33.4. The quantitative estimate of drug-likeness (QED) is 0.0225. The lowest BCUT2D eigenvalue weighted by Crippen LogP contribution is -2.45. The molecule has 3 aliphatic heterocycles. The first-order valence-corrected chi connectivity index (χ1v) is 29.3. The number of H-pyrrole nitrogens is 2. The molecule has 6 aromatic heterocycles. The fourth-order valence-electron chi connectivity index (χ4n) is 9.33. The van der Waals surface area contributed by atoms with E-state index < -0.39 is 155 Å². The van der Waals surface area contributed by atoms with Crippen LogP contribution in [0.4, 0.5) is 26.5 Å². The van der Waals surface area contributed by atoms with E-state index in [1.165, 1.54) is 24.9 Å². The summed E-state index contributed by atoms with van der Waals surface area (Å²) in [6.07, 6.45) is -12.9. The fourth-order valence-corrected chi connectivity index (χ4v) is 14.5. The van der Waals surface area contributed by atoms with Gasteiger partial charge in [-0.3, -0.25) is 42.3 Å². The van der Waals surface area contributed by atoms with Crippen molar-refractivity contribution in [1.82, 2.24) is 53.6 Å². The predicted molar refractivity (Wildman–Crippen MR) is 254 cm³/mol. The van der Waals surface area contributed by atoms with E-state index in [2.05, 4.69) is 53.2 Å². The second-order valence-corrected chi connectivity index (χ2v) is 24.3. The molecular formula is C36H49F2N15O23P4. The molecule has 0 aliphatic carbocycles. The molecule has 0 bridgehead atoms. The number of nitrogen functional groups attached to an aromatic ring is 3. The Labute approximate surface area is 443 Å². The predicted octanol–water partition coefficient (Wildman–Crippen LogP) is -3.00. The van der Waals surface area contributed by atoms with Crippen LogP contribution in [0.5, 0.6) is 0 Å². The highest BCUT2D eigenvalue weighted by Gasteiger charge is 2.55. The third-order valence-corrected chi connectivity index (χ3v) is 18.8. The molecule has 80 heavy (non-hydrogen) atoms. The molecule has 3 saturated heterocycles. The Hall–Kier alpha value is -5.25. The number of aromatic nitrogens is 12. The third-order valence-electron chi connectivity index (χ3n) is 12.7. The molecule has 0 amide bonds. The molecular weight excluding hydrogens is 1170 g/mol. The highest BCUT2D eigenvalue weighted by atomic mass is 31.3. The van der Waals surface area contributed by atoms with Gasteiger partial charge in [0.2, 0.25) is 17.7 Å². The van der Waals surface area contributed by atoms with Crippen LogP contribution >= 0.6 is 31.1 Å². The topological polar surface area (TPSA) is 545 Å². The van der Waals surface area contributed by atoms with Gasteiger partial charge in [-0.15, -0.1) is 0 Å². The fraction of sp³-hybridized carbons (Fsp3) is 0.583. The first-order chi connectivity index (χ1) is 37.6. The summed E-state index contributed by atoms with van der Waals surface area (Å²) in [5.74, 6) is -2.09. The second-order valence-electron chi connectivity index (χ2n) is 17.8. The summed E-state index contributed by atoms with van der Waals surface area (Å²) < 4.78 is 136. The number of rotatable bonds is 23. The Morgan fingerprint density at radius 2 is 1.39 bits per heavy atom. The number of phosphoric ester groups is 2. The molecule has 14 N–H and O–H groups in total. The number of hydrogen-bond donors (Lipinski definition) is 11. The van der Waals surface area contributed by atoms with Crippen LogP contribution in [0.1, 0.15) is 32.0 Å². The van der Waals surface area contributed by atoms with Crippen molar-refractivity contribution in [2.24, 2.45) is 13.0 Å². The molecule has 0 aromatic carbocycles. The normalized spacial score (nSPS) is 29.4.